The smallest absolute Gasteiger partial charge is 0.0825 e. The van der Waals surface area contributed by atoms with E-state index in [2.05, 4.69) is 31.2 Å². The quantitative estimate of drug-likeness (QED) is 0.672. The molecule has 1 nitrogen and oxygen atoms in total. The highest BCUT2D eigenvalue weighted by Gasteiger charge is 2.17. The molecule has 0 aliphatic carbocycles. The van der Waals surface area contributed by atoms with Crippen LogP contribution in [0.5, 0.6) is 0 Å². The standard InChI is InChI=1S/C12H16O/c1-2-10-5-3-6-11(9-10)12-7-4-8-13-12/h3,5-6,9,12H,2,4,7-8H2,1H3. The van der Waals surface area contributed by atoms with E-state index in [1.807, 2.05) is 0 Å². The first kappa shape index (κ1) is 8.76. The second kappa shape index (κ2) is 3.93. The first-order valence-electron chi connectivity index (χ1n) is 5.10. The maximum Gasteiger partial charge on any atom is 0.0825 e. The van der Waals surface area contributed by atoms with Gasteiger partial charge in [-0.25, -0.2) is 0 Å². The predicted molar refractivity (Wildman–Crippen MR) is 53.7 cm³/mol. The van der Waals surface area contributed by atoms with Crippen LogP contribution in [0.4, 0.5) is 0 Å². The molecule has 0 radical (unpaired) electrons. The number of rotatable bonds is 2. The summed E-state index contributed by atoms with van der Waals surface area (Å²) in [6.07, 6.45) is 3.88. The fraction of sp³-hybridized carbons (Fsp3) is 0.500. The highest BCUT2D eigenvalue weighted by Crippen LogP contribution is 2.28. The first-order valence-corrected chi connectivity index (χ1v) is 5.10. The minimum Gasteiger partial charge on any atom is -0.374 e. The third-order valence-corrected chi connectivity index (χ3v) is 2.66. The molecule has 1 atom stereocenters. The second-order valence-electron chi connectivity index (χ2n) is 3.60. The van der Waals surface area contributed by atoms with Crippen molar-refractivity contribution >= 4 is 0 Å². The summed E-state index contributed by atoms with van der Waals surface area (Å²) in [5.41, 5.74) is 2.77. The van der Waals surface area contributed by atoms with Gasteiger partial charge in [0.05, 0.1) is 6.10 Å². The number of hydrogen-bond acceptors (Lipinski definition) is 1. The van der Waals surface area contributed by atoms with Gasteiger partial charge in [0.2, 0.25) is 0 Å². The van der Waals surface area contributed by atoms with Gasteiger partial charge in [-0.3, -0.25) is 0 Å². The Kier molecular flexibility index (Phi) is 2.65. The van der Waals surface area contributed by atoms with Gasteiger partial charge in [-0.05, 0) is 30.4 Å². The number of benzene rings is 1. The molecule has 0 saturated carbocycles. The molecule has 1 aliphatic rings. The largest absolute Gasteiger partial charge is 0.374 e. The molecule has 0 spiro atoms. The van der Waals surface area contributed by atoms with Crippen molar-refractivity contribution in [1.29, 1.82) is 0 Å². The van der Waals surface area contributed by atoms with Gasteiger partial charge in [0.1, 0.15) is 0 Å². The zero-order chi connectivity index (χ0) is 9.10. The van der Waals surface area contributed by atoms with Gasteiger partial charge >= 0.3 is 0 Å². The Labute approximate surface area is 79.7 Å². The van der Waals surface area contributed by atoms with E-state index in [4.69, 9.17) is 4.74 Å². The number of hydrogen-bond donors (Lipinski definition) is 0. The lowest BCUT2D eigenvalue weighted by atomic mass is 10.0. The molecule has 2 rings (SSSR count). The van der Waals surface area contributed by atoms with Crippen LogP contribution in [0.1, 0.15) is 37.0 Å². The average molecular weight is 176 g/mol. The van der Waals surface area contributed by atoms with E-state index in [9.17, 15) is 0 Å². The van der Waals surface area contributed by atoms with E-state index in [1.165, 1.54) is 24.0 Å². The molecule has 1 fully saturated rings. The molecule has 1 heteroatoms. The Balaban J connectivity index is 2.18. The van der Waals surface area contributed by atoms with E-state index in [0.29, 0.717) is 6.10 Å². The lowest BCUT2D eigenvalue weighted by molar-refractivity contribution is 0.112. The summed E-state index contributed by atoms with van der Waals surface area (Å²) in [6, 6.07) is 8.76. The number of aryl methyl sites for hydroxylation is 1. The molecular formula is C12H16O. The van der Waals surface area contributed by atoms with Crippen molar-refractivity contribution in [3.8, 4) is 0 Å². The van der Waals surface area contributed by atoms with Crippen LogP contribution in [0.2, 0.25) is 0 Å². The zero-order valence-corrected chi connectivity index (χ0v) is 8.12. The van der Waals surface area contributed by atoms with Gasteiger partial charge in [-0.15, -0.1) is 0 Å². The van der Waals surface area contributed by atoms with E-state index >= 15 is 0 Å². The summed E-state index contributed by atoms with van der Waals surface area (Å²) in [5, 5.41) is 0. The lowest BCUT2D eigenvalue weighted by Crippen LogP contribution is -1.96. The molecule has 0 aromatic heterocycles. The fourth-order valence-electron chi connectivity index (χ4n) is 1.85. The van der Waals surface area contributed by atoms with Gasteiger partial charge in [0, 0.05) is 6.61 Å². The lowest BCUT2D eigenvalue weighted by Gasteiger charge is -2.10. The Bertz CT molecular complexity index is 274. The van der Waals surface area contributed by atoms with Crippen LogP contribution in [-0.4, -0.2) is 6.61 Å². The van der Waals surface area contributed by atoms with Crippen molar-refractivity contribution in [2.45, 2.75) is 32.3 Å². The van der Waals surface area contributed by atoms with E-state index < -0.39 is 0 Å². The summed E-state index contributed by atoms with van der Waals surface area (Å²) in [6.45, 7) is 3.12. The Morgan fingerprint density at radius 2 is 2.38 bits per heavy atom. The molecule has 13 heavy (non-hydrogen) atoms. The van der Waals surface area contributed by atoms with Gasteiger partial charge < -0.3 is 4.74 Å². The molecule has 1 saturated heterocycles. The van der Waals surface area contributed by atoms with Crippen LogP contribution < -0.4 is 0 Å². The van der Waals surface area contributed by atoms with Gasteiger partial charge in [-0.1, -0.05) is 31.2 Å². The van der Waals surface area contributed by atoms with Crippen molar-refractivity contribution in [3.63, 3.8) is 0 Å². The Hall–Kier alpha value is -0.820. The summed E-state index contributed by atoms with van der Waals surface area (Å²) in [4.78, 5) is 0. The van der Waals surface area contributed by atoms with Crippen LogP contribution >= 0.6 is 0 Å². The SMILES string of the molecule is CCc1cccc(C2CCCO2)c1. The highest BCUT2D eigenvalue weighted by atomic mass is 16.5. The van der Waals surface area contributed by atoms with Gasteiger partial charge in [-0.2, -0.15) is 0 Å². The number of ether oxygens (including phenoxy) is 1. The van der Waals surface area contributed by atoms with E-state index in [1.54, 1.807) is 0 Å². The second-order valence-corrected chi connectivity index (χ2v) is 3.60. The summed E-state index contributed by atoms with van der Waals surface area (Å²) in [7, 11) is 0. The van der Waals surface area contributed by atoms with E-state index in [0.717, 1.165) is 13.0 Å². The van der Waals surface area contributed by atoms with Gasteiger partial charge in [0.25, 0.3) is 0 Å². The van der Waals surface area contributed by atoms with Crippen LogP contribution in [0.15, 0.2) is 24.3 Å². The third kappa shape index (κ3) is 1.92. The molecule has 1 aromatic carbocycles. The molecule has 1 unspecified atom stereocenters. The van der Waals surface area contributed by atoms with Crippen LogP contribution in [-0.2, 0) is 11.2 Å². The summed E-state index contributed by atoms with van der Waals surface area (Å²) in [5.74, 6) is 0. The van der Waals surface area contributed by atoms with E-state index in [-0.39, 0.29) is 0 Å². The maximum atomic E-state index is 5.64. The molecule has 0 bridgehead atoms. The van der Waals surface area contributed by atoms with Crippen LogP contribution in [0.3, 0.4) is 0 Å². The average Bonchev–Trinajstić information content (AvgIpc) is 2.71. The molecule has 1 aliphatic heterocycles. The maximum absolute atomic E-state index is 5.64. The van der Waals surface area contributed by atoms with Crippen molar-refractivity contribution < 1.29 is 4.74 Å². The van der Waals surface area contributed by atoms with Gasteiger partial charge in [0.15, 0.2) is 0 Å². The van der Waals surface area contributed by atoms with Crippen molar-refractivity contribution in [3.05, 3.63) is 35.4 Å². The molecule has 1 heterocycles. The fourth-order valence-corrected chi connectivity index (χ4v) is 1.85. The third-order valence-electron chi connectivity index (χ3n) is 2.66. The van der Waals surface area contributed by atoms with Crippen molar-refractivity contribution in [2.24, 2.45) is 0 Å². The van der Waals surface area contributed by atoms with Crippen molar-refractivity contribution in [1.82, 2.24) is 0 Å². The molecule has 1 aromatic rings. The summed E-state index contributed by atoms with van der Waals surface area (Å²) >= 11 is 0. The minimum atomic E-state index is 0.367. The highest BCUT2D eigenvalue weighted by molar-refractivity contribution is 5.25. The van der Waals surface area contributed by atoms with Crippen LogP contribution in [0.25, 0.3) is 0 Å². The normalized spacial score (nSPS) is 22.1. The minimum absolute atomic E-state index is 0.367. The zero-order valence-electron chi connectivity index (χ0n) is 8.12. The predicted octanol–water partition coefficient (Wildman–Crippen LogP) is 3.10. The Morgan fingerprint density at radius 3 is 3.08 bits per heavy atom. The monoisotopic (exact) mass is 176 g/mol. The molecule has 70 valence electrons. The van der Waals surface area contributed by atoms with Crippen molar-refractivity contribution in [2.75, 3.05) is 6.61 Å². The molecular weight excluding hydrogens is 160 g/mol. The molecule has 0 N–H and O–H groups in total. The topological polar surface area (TPSA) is 9.23 Å². The first-order chi connectivity index (χ1) is 6.40. The van der Waals surface area contributed by atoms with Crippen LogP contribution in [0, 0.1) is 0 Å². The molecule has 0 amide bonds. The summed E-state index contributed by atoms with van der Waals surface area (Å²) < 4.78 is 5.64. The Morgan fingerprint density at radius 1 is 1.46 bits per heavy atom.